The third-order valence-electron chi connectivity index (χ3n) is 2.48. The molecule has 0 saturated carbocycles. The summed E-state index contributed by atoms with van der Waals surface area (Å²) in [6.45, 7) is 0. The number of carbonyl (C=O) groups is 1. The Labute approximate surface area is 82.1 Å². The summed E-state index contributed by atoms with van der Waals surface area (Å²) in [5.41, 5.74) is 8.14. The van der Waals surface area contributed by atoms with Crippen LogP contribution < -0.4 is 5.73 Å². The first kappa shape index (κ1) is 8.99. The van der Waals surface area contributed by atoms with E-state index in [1.165, 1.54) is 7.11 Å². The van der Waals surface area contributed by atoms with Gasteiger partial charge in [0.15, 0.2) is 0 Å². The minimum Gasteiger partial charge on any atom is -0.465 e. The van der Waals surface area contributed by atoms with E-state index in [2.05, 4.69) is 4.98 Å². The summed E-state index contributed by atoms with van der Waals surface area (Å²) in [7, 11) is 1.38. The molecule has 0 unspecified atom stereocenters. The first-order valence-electron chi connectivity index (χ1n) is 4.59. The largest absolute Gasteiger partial charge is 0.465 e. The molecular weight excluding hydrogens is 180 g/mol. The van der Waals surface area contributed by atoms with Gasteiger partial charge < -0.3 is 10.5 Å². The smallest absolute Gasteiger partial charge is 0.338 e. The second-order valence-corrected chi connectivity index (χ2v) is 3.37. The van der Waals surface area contributed by atoms with Crippen LogP contribution in [0.3, 0.4) is 0 Å². The van der Waals surface area contributed by atoms with Crippen molar-refractivity contribution in [3.8, 4) is 0 Å². The highest BCUT2D eigenvalue weighted by Crippen LogP contribution is 2.25. The monoisotopic (exact) mass is 192 g/mol. The second kappa shape index (κ2) is 3.29. The van der Waals surface area contributed by atoms with Crippen molar-refractivity contribution in [1.82, 2.24) is 4.98 Å². The number of aryl methyl sites for hydroxylation is 1. The van der Waals surface area contributed by atoms with Gasteiger partial charge in [-0.2, -0.15) is 0 Å². The number of anilines is 1. The highest BCUT2D eigenvalue weighted by atomic mass is 16.5. The minimum atomic E-state index is -0.322. The molecule has 4 heteroatoms. The molecule has 0 radical (unpaired) electrons. The number of nitrogens with two attached hydrogens (primary N) is 1. The first-order valence-corrected chi connectivity index (χ1v) is 4.59. The van der Waals surface area contributed by atoms with Crippen LogP contribution in [-0.2, 0) is 17.6 Å². The van der Waals surface area contributed by atoms with Crippen molar-refractivity contribution in [2.24, 2.45) is 0 Å². The molecule has 0 saturated heterocycles. The van der Waals surface area contributed by atoms with Crippen molar-refractivity contribution in [3.63, 3.8) is 0 Å². The lowest BCUT2D eigenvalue weighted by Gasteiger charge is -2.06. The minimum absolute atomic E-state index is 0.322. The van der Waals surface area contributed by atoms with Gasteiger partial charge in [-0.15, -0.1) is 0 Å². The van der Waals surface area contributed by atoms with Crippen molar-refractivity contribution in [2.45, 2.75) is 19.3 Å². The number of esters is 1. The van der Waals surface area contributed by atoms with Crippen LogP contribution in [0, 0.1) is 0 Å². The molecule has 0 aromatic carbocycles. The van der Waals surface area contributed by atoms with Crippen LogP contribution in [0.4, 0.5) is 5.82 Å². The fourth-order valence-electron chi connectivity index (χ4n) is 1.86. The van der Waals surface area contributed by atoms with E-state index in [-0.39, 0.29) is 5.97 Å². The molecule has 0 amide bonds. The number of nitrogen functional groups attached to an aromatic ring is 1. The number of nitrogens with zero attached hydrogens (tertiary/aromatic N) is 1. The van der Waals surface area contributed by atoms with Crippen molar-refractivity contribution in [3.05, 3.63) is 22.9 Å². The van der Waals surface area contributed by atoms with Gasteiger partial charge in [0.25, 0.3) is 0 Å². The Hall–Kier alpha value is -1.58. The van der Waals surface area contributed by atoms with Gasteiger partial charge in [0.2, 0.25) is 0 Å². The zero-order valence-electron chi connectivity index (χ0n) is 8.04. The quantitative estimate of drug-likeness (QED) is 0.672. The number of rotatable bonds is 1. The van der Waals surface area contributed by atoms with Crippen LogP contribution in [0.25, 0.3) is 0 Å². The van der Waals surface area contributed by atoms with Crippen LogP contribution in [0.1, 0.15) is 28.0 Å². The highest BCUT2D eigenvalue weighted by Gasteiger charge is 2.21. The van der Waals surface area contributed by atoms with Crippen LogP contribution in [-0.4, -0.2) is 18.1 Å². The summed E-state index contributed by atoms with van der Waals surface area (Å²) in [6, 6.07) is 1.59. The highest BCUT2D eigenvalue weighted by molar-refractivity contribution is 5.92. The van der Waals surface area contributed by atoms with Crippen LogP contribution in [0.2, 0.25) is 0 Å². The molecule has 4 nitrogen and oxygen atoms in total. The number of aromatic nitrogens is 1. The van der Waals surface area contributed by atoms with Crippen molar-refractivity contribution in [2.75, 3.05) is 12.8 Å². The second-order valence-electron chi connectivity index (χ2n) is 3.37. The third-order valence-corrected chi connectivity index (χ3v) is 2.48. The van der Waals surface area contributed by atoms with Gasteiger partial charge in [-0.05, 0) is 30.9 Å². The lowest BCUT2D eigenvalue weighted by Crippen LogP contribution is -2.08. The average Bonchev–Trinajstić information content (AvgIpc) is 2.62. The average molecular weight is 192 g/mol. The van der Waals surface area contributed by atoms with E-state index < -0.39 is 0 Å². The summed E-state index contributed by atoms with van der Waals surface area (Å²) in [6.07, 6.45) is 2.84. The van der Waals surface area contributed by atoms with Gasteiger partial charge in [0.1, 0.15) is 5.82 Å². The molecule has 14 heavy (non-hydrogen) atoms. The first-order chi connectivity index (χ1) is 6.72. The Bertz CT molecular complexity index is 388. The summed E-state index contributed by atoms with van der Waals surface area (Å²) in [5.74, 6) is 0.0725. The van der Waals surface area contributed by atoms with Gasteiger partial charge in [-0.1, -0.05) is 0 Å². The summed E-state index contributed by atoms with van der Waals surface area (Å²) in [4.78, 5) is 15.6. The predicted molar refractivity (Wildman–Crippen MR) is 52.0 cm³/mol. The number of pyridine rings is 1. The molecular formula is C10H12N2O2. The lowest BCUT2D eigenvalue weighted by atomic mass is 10.1. The normalized spacial score (nSPS) is 13.8. The molecule has 0 fully saturated rings. The predicted octanol–water partition coefficient (Wildman–Crippen LogP) is 0.939. The van der Waals surface area contributed by atoms with Crippen LogP contribution in [0.5, 0.6) is 0 Å². The molecule has 1 aromatic heterocycles. The van der Waals surface area contributed by atoms with Crippen molar-refractivity contribution < 1.29 is 9.53 Å². The maximum Gasteiger partial charge on any atom is 0.338 e. The summed E-state index contributed by atoms with van der Waals surface area (Å²) in [5, 5.41) is 0. The summed E-state index contributed by atoms with van der Waals surface area (Å²) >= 11 is 0. The lowest BCUT2D eigenvalue weighted by molar-refractivity contribution is 0.0599. The number of hydrogen-bond acceptors (Lipinski definition) is 4. The van der Waals surface area contributed by atoms with E-state index in [0.29, 0.717) is 11.4 Å². The summed E-state index contributed by atoms with van der Waals surface area (Å²) < 4.78 is 4.69. The maximum absolute atomic E-state index is 11.4. The van der Waals surface area contributed by atoms with Crippen molar-refractivity contribution in [1.29, 1.82) is 0 Å². The Morgan fingerprint density at radius 2 is 2.36 bits per heavy atom. The zero-order valence-corrected chi connectivity index (χ0v) is 8.04. The molecule has 1 aliphatic carbocycles. The number of carbonyl (C=O) groups excluding carboxylic acids is 1. The molecule has 0 atom stereocenters. The van der Waals surface area contributed by atoms with Gasteiger partial charge in [-0.3, -0.25) is 0 Å². The fraction of sp³-hybridized carbons (Fsp3) is 0.400. The van der Waals surface area contributed by atoms with Crippen LogP contribution in [0.15, 0.2) is 6.07 Å². The van der Waals surface area contributed by atoms with Gasteiger partial charge >= 0.3 is 5.97 Å². The zero-order chi connectivity index (χ0) is 10.1. The fourth-order valence-corrected chi connectivity index (χ4v) is 1.86. The number of ether oxygens (including phenoxy) is 1. The molecule has 0 aliphatic heterocycles. The van der Waals surface area contributed by atoms with E-state index in [0.717, 1.165) is 30.5 Å². The Morgan fingerprint density at radius 1 is 1.57 bits per heavy atom. The Balaban J connectivity index is 2.54. The van der Waals surface area contributed by atoms with Gasteiger partial charge in [0, 0.05) is 5.69 Å². The van der Waals surface area contributed by atoms with E-state index >= 15 is 0 Å². The number of fused-ring (bicyclic) bond motifs is 1. The molecule has 1 aliphatic rings. The molecule has 2 rings (SSSR count). The molecule has 1 aromatic rings. The van der Waals surface area contributed by atoms with Gasteiger partial charge in [-0.25, -0.2) is 9.78 Å². The Morgan fingerprint density at radius 3 is 3.07 bits per heavy atom. The maximum atomic E-state index is 11.4. The molecule has 1 heterocycles. The van der Waals surface area contributed by atoms with Crippen LogP contribution >= 0.6 is 0 Å². The van der Waals surface area contributed by atoms with E-state index in [9.17, 15) is 4.79 Å². The van der Waals surface area contributed by atoms with Crippen molar-refractivity contribution >= 4 is 11.8 Å². The SMILES string of the molecule is COC(=O)c1cc(N)nc2c1CCC2. The molecule has 74 valence electrons. The Kier molecular flexibility index (Phi) is 2.11. The van der Waals surface area contributed by atoms with E-state index in [1.807, 2.05) is 0 Å². The third kappa shape index (κ3) is 1.32. The molecule has 0 bridgehead atoms. The molecule has 2 N–H and O–H groups in total. The molecule has 0 spiro atoms. The van der Waals surface area contributed by atoms with E-state index in [1.54, 1.807) is 6.07 Å². The van der Waals surface area contributed by atoms with Gasteiger partial charge in [0.05, 0.1) is 12.7 Å². The topological polar surface area (TPSA) is 65.2 Å². The van der Waals surface area contributed by atoms with E-state index in [4.69, 9.17) is 10.5 Å². The number of methoxy groups -OCH3 is 1. The number of hydrogen-bond donors (Lipinski definition) is 1. The standard InChI is InChI=1S/C10H12N2O2/c1-14-10(13)7-5-9(11)12-8-4-2-3-6(7)8/h5H,2-4H2,1H3,(H2,11,12).